The molecular formula is C40H24N4O. The van der Waals surface area contributed by atoms with Crippen LogP contribution >= 0.6 is 0 Å². The number of nitrogens with zero attached hydrogens (tertiary/aromatic N) is 4. The van der Waals surface area contributed by atoms with E-state index in [-0.39, 0.29) is 0 Å². The standard InChI is InChI=1S/C40H24N4O/c45-40-43-38(25-9-2-1-3-10-25)42-39-35-20-18-29(23-37(35)41-24-44(39)40)27-12-8-11-26(21-27)28-17-19-34-32-15-5-4-13-30(32)31-14-6-7-16-33(31)36(34)22-28/h1-24H. The largest absolute Gasteiger partial charge is 0.356 e. The maximum Gasteiger partial charge on any atom is 0.356 e. The Morgan fingerprint density at radius 2 is 0.956 bits per heavy atom. The van der Waals surface area contributed by atoms with Crippen molar-refractivity contribution in [2.75, 3.05) is 0 Å². The molecule has 0 radical (unpaired) electrons. The summed E-state index contributed by atoms with van der Waals surface area (Å²) in [5.74, 6) is 0.404. The molecule has 9 aromatic rings. The van der Waals surface area contributed by atoms with Crippen molar-refractivity contribution in [3.05, 3.63) is 156 Å². The number of aromatic nitrogens is 4. The summed E-state index contributed by atoms with van der Waals surface area (Å²) in [6, 6.07) is 48.4. The van der Waals surface area contributed by atoms with Crippen molar-refractivity contribution in [2.45, 2.75) is 0 Å². The molecule has 0 atom stereocenters. The SMILES string of the molecule is O=c1nc(-c2ccccc2)nc2c3ccc(-c4cccc(-c5ccc6c7ccccc7c7ccccc7c6c5)c4)cc3ncn12. The second-order valence-corrected chi connectivity index (χ2v) is 11.3. The highest BCUT2D eigenvalue weighted by Gasteiger charge is 2.13. The Hall–Kier alpha value is -6.20. The highest BCUT2D eigenvalue weighted by Crippen LogP contribution is 2.37. The van der Waals surface area contributed by atoms with E-state index in [1.807, 2.05) is 36.4 Å². The lowest BCUT2D eigenvalue weighted by atomic mass is 9.91. The average molecular weight is 577 g/mol. The van der Waals surface area contributed by atoms with Crippen molar-refractivity contribution in [2.24, 2.45) is 0 Å². The van der Waals surface area contributed by atoms with Crippen LogP contribution in [0.15, 0.2) is 151 Å². The van der Waals surface area contributed by atoms with Crippen molar-refractivity contribution >= 4 is 48.9 Å². The minimum Gasteiger partial charge on any atom is -0.245 e. The van der Waals surface area contributed by atoms with Gasteiger partial charge in [-0.25, -0.2) is 19.2 Å². The molecule has 5 heteroatoms. The van der Waals surface area contributed by atoms with E-state index >= 15 is 0 Å². The quantitative estimate of drug-likeness (QED) is 0.197. The molecule has 0 bridgehead atoms. The maximum absolute atomic E-state index is 12.9. The number of rotatable bonds is 3. The van der Waals surface area contributed by atoms with Crippen LogP contribution in [0.2, 0.25) is 0 Å². The monoisotopic (exact) mass is 576 g/mol. The lowest BCUT2D eigenvalue weighted by molar-refractivity contribution is 0.931. The van der Waals surface area contributed by atoms with Gasteiger partial charge in [-0.05, 0) is 78.8 Å². The fourth-order valence-corrected chi connectivity index (χ4v) is 6.52. The van der Waals surface area contributed by atoms with E-state index in [4.69, 9.17) is 4.98 Å². The van der Waals surface area contributed by atoms with E-state index in [0.717, 1.165) is 33.2 Å². The second-order valence-electron chi connectivity index (χ2n) is 11.3. The van der Waals surface area contributed by atoms with Crippen molar-refractivity contribution < 1.29 is 0 Å². The molecule has 9 rings (SSSR count). The van der Waals surface area contributed by atoms with Crippen LogP contribution in [0, 0.1) is 0 Å². The zero-order valence-corrected chi connectivity index (χ0v) is 24.1. The fraction of sp³-hybridized carbons (Fsp3) is 0. The lowest BCUT2D eigenvalue weighted by Gasteiger charge is -2.13. The zero-order chi connectivity index (χ0) is 29.9. The molecule has 210 valence electrons. The third-order valence-electron chi connectivity index (χ3n) is 8.70. The number of hydrogen-bond acceptors (Lipinski definition) is 4. The summed E-state index contributed by atoms with van der Waals surface area (Å²) in [5, 5.41) is 8.38. The molecule has 0 saturated carbocycles. The molecule has 2 aromatic heterocycles. The molecule has 0 aliphatic rings. The van der Waals surface area contributed by atoms with Gasteiger partial charge in [0.05, 0.1) is 5.52 Å². The molecule has 2 heterocycles. The van der Waals surface area contributed by atoms with E-state index in [1.54, 1.807) is 0 Å². The van der Waals surface area contributed by atoms with Crippen molar-refractivity contribution in [1.29, 1.82) is 0 Å². The van der Waals surface area contributed by atoms with Crippen LogP contribution in [-0.2, 0) is 0 Å². The van der Waals surface area contributed by atoms with Gasteiger partial charge >= 0.3 is 5.69 Å². The van der Waals surface area contributed by atoms with Gasteiger partial charge in [-0.1, -0.05) is 115 Å². The Labute approximate surface area is 257 Å². The first-order chi connectivity index (χ1) is 22.2. The smallest absolute Gasteiger partial charge is 0.245 e. The molecule has 0 amide bonds. The van der Waals surface area contributed by atoms with Gasteiger partial charge in [0.25, 0.3) is 0 Å². The molecule has 0 fully saturated rings. The first-order valence-electron chi connectivity index (χ1n) is 14.9. The van der Waals surface area contributed by atoms with Gasteiger partial charge < -0.3 is 0 Å². The summed E-state index contributed by atoms with van der Waals surface area (Å²) in [6.45, 7) is 0. The normalized spacial score (nSPS) is 11.6. The Balaban J connectivity index is 1.16. The maximum atomic E-state index is 12.9. The molecule has 0 spiro atoms. The highest BCUT2D eigenvalue weighted by molar-refractivity contribution is 6.25. The lowest BCUT2D eigenvalue weighted by Crippen LogP contribution is -2.19. The van der Waals surface area contributed by atoms with Crippen molar-refractivity contribution in [3.63, 3.8) is 0 Å². The molecule has 7 aromatic carbocycles. The number of benzene rings is 7. The molecule has 0 saturated heterocycles. The minimum absolute atomic E-state index is 0.402. The van der Waals surface area contributed by atoms with E-state index in [1.165, 1.54) is 48.6 Å². The van der Waals surface area contributed by atoms with E-state index in [0.29, 0.717) is 11.5 Å². The van der Waals surface area contributed by atoms with Crippen LogP contribution in [0.5, 0.6) is 0 Å². The van der Waals surface area contributed by atoms with Gasteiger partial charge in [0, 0.05) is 10.9 Å². The Morgan fingerprint density at radius 3 is 1.64 bits per heavy atom. The van der Waals surface area contributed by atoms with Gasteiger partial charge in [-0.3, -0.25) is 0 Å². The summed E-state index contributed by atoms with van der Waals surface area (Å²) in [6.07, 6.45) is 1.51. The van der Waals surface area contributed by atoms with Gasteiger partial charge in [-0.15, -0.1) is 0 Å². The van der Waals surface area contributed by atoms with Gasteiger partial charge in [0.1, 0.15) is 6.33 Å². The Morgan fingerprint density at radius 1 is 0.422 bits per heavy atom. The topological polar surface area (TPSA) is 60.2 Å². The minimum atomic E-state index is -0.402. The molecule has 0 N–H and O–H groups in total. The molecule has 5 nitrogen and oxygen atoms in total. The van der Waals surface area contributed by atoms with Crippen LogP contribution < -0.4 is 5.69 Å². The molecule has 0 unspecified atom stereocenters. The predicted molar refractivity (Wildman–Crippen MR) is 183 cm³/mol. The summed E-state index contributed by atoms with van der Waals surface area (Å²) in [7, 11) is 0. The summed E-state index contributed by atoms with van der Waals surface area (Å²) in [5.41, 5.74) is 6.13. The van der Waals surface area contributed by atoms with E-state index < -0.39 is 5.69 Å². The number of fused-ring (bicyclic) bond motifs is 9. The van der Waals surface area contributed by atoms with Crippen molar-refractivity contribution in [1.82, 2.24) is 19.4 Å². The highest BCUT2D eigenvalue weighted by atomic mass is 16.1. The van der Waals surface area contributed by atoms with Gasteiger partial charge in [0.15, 0.2) is 11.5 Å². The van der Waals surface area contributed by atoms with Crippen LogP contribution in [0.1, 0.15) is 0 Å². The first kappa shape index (κ1) is 25.3. The Kier molecular flexibility index (Phi) is 5.59. The summed E-state index contributed by atoms with van der Waals surface area (Å²) < 4.78 is 1.40. The fourth-order valence-electron chi connectivity index (χ4n) is 6.52. The third kappa shape index (κ3) is 4.09. The molecule has 0 aliphatic heterocycles. The average Bonchev–Trinajstić information content (AvgIpc) is 3.11. The predicted octanol–water partition coefficient (Wildman–Crippen LogP) is 9.10. The van der Waals surface area contributed by atoms with Crippen LogP contribution in [-0.4, -0.2) is 19.4 Å². The molecule has 45 heavy (non-hydrogen) atoms. The van der Waals surface area contributed by atoms with Crippen LogP contribution in [0.3, 0.4) is 0 Å². The number of hydrogen-bond donors (Lipinski definition) is 0. The van der Waals surface area contributed by atoms with Gasteiger partial charge in [0.2, 0.25) is 0 Å². The Bertz CT molecular complexity index is 2640. The summed E-state index contributed by atoms with van der Waals surface area (Å²) in [4.78, 5) is 26.4. The van der Waals surface area contributed by atoms with E-state index in [9.17, 15) is 4.79 Å². The molecule has 0 aliphatic carbocycles. The van der Waals surface area contributed by atoms with Crippen molar-refractivity contribution in [3.8, 4) is 33.6 Å². The summed E-state index contributed by atoms with van der Waals surface area (Å²) >= 11 is 0. The first-order valence-corrected chi connectivity index (χ1v) is 14.9. The van der Waals surface area contributed by atoms with Crippen LogP contribution in [0.25, 0.3) is 82.5 Å². The molecular weight excluding hydrogens is 552 g/mol. The third-order valence-corrected chi connectivity index (χ3v) is 8.70. The van der Waals surface area contributed by atoms with E-state index in [2.05, 4.69) is 113 Å². The zero-order valence-electron chi connectivity index (χ0n) is 24.1. The van der Waals surface area contributed by atoms with Gasteiger partial charge in [-0.2, -0.15) is 4.98 Å². The van der Waals surface area contributed by atoms with Crippen LogP contribution in [0.4, 0.5) is 0 Å². The second kappa shape index (κ2) is 9.93.